The van der Waals surface area contributed by atoms with Gasteiger partial charge in [-0.1, -0.05) is 32.4 Å². The van der Waals surface area contributed by atoms with E-state index in [1.54, 1.807) is 5.57 Å². The molecule has 15 heavy (non-hydrogen) atoms. The fraction of sp³-hybridized carbons (Fsp3) is 0.857. The first-order valence-electron chi connectivity index (χ1n) is 6.35. The quantitative estimate of drug-likeness (QED) is 0.604. The Bertz CT molecular complexity index is 259. The van der Waals surface area contributed by atoms with Gasteiger partial charge in [0.25, 0.3) is 0 Å². The van der Waals surface area contributed by atoms with Crippen molar-refractivity contribution in [1.82, 2.24) is 0 Å². The van der Waals surface area contributed by atoms with E-state index < -0.39 is 0 Å². The predicted molar refractivity (Wildman–Crippen MR) is 63.6 cm³/mol. The zero-order valence-electron chi connectivity index (χ0n) is 10.3. The zero-order chi connectivity index (χ0) is 11.1. The molecule has 0 bridgehead atoms. The summed E-state index contributed by atoms with van der Waals surface area (Å²) in [6.45, 7) is 6.98. The maximum Gasteiger partial charge on any atom is 0.0605 e. The normalized spacial score (nSPS) is 37.1. The fourth-order valence-corrected chi connectivity index (χ4v) is 3.11. The van der Waals surface area contributed by atoms with Crippen LogP contribution >= 0.6 is 0 Å². The lowest BCUT2D eigenvalue weighted by molar-refractivity contribution is 0.0624. The first-order valence-corrected chi connectivity index (χ1v) is 6.35. The van der Waals surface area contributed by atoms with Crippen LogP contribution in [0.3, 0.4) is 0 Å². The maximum atomic E-state index is 10.0. The average Bonchev–Trinajstić information content (AvgIpc) is 2.16. The molecule has 0 aromatic heterocycles. The van der Waals surface area contributed by atoms with Gasteiger partial charge in [-0.25, -0.2) is 0 Å². The third kappa shape index (κ3) is 2.28. The second-order valence-corrected chi connectivity index (χ2v) is 6.38. The van der Waals surface area contributed by atoms with Gasteiger partial charge in [0.1, 0.15) is 0 Å². The molecule has 0 aromatic carbocycles. The zero-order valence-corrected chi connectivity index (χ0v) is 10.3. The van der Waals surface area contributed by atoms with Crippen LogP contribution in [0.2, 0.25) is 0 Å². The van der Waals surface area contributed by atoms with Gasteiger partial charge >= 0.3 is 0 Å². The third-order valence-corrected chi connectivity index (χ3v) is 4.33. The number of hydrogen-bond acceptors (Lipinski definition) is 1. The molecular weight excluding hydrogens is 184 g/mol. The third-order valence-electron chi connectivity index (χ3n) is 4.33. The molecule has 1 saturated carbocycles. The van der Waals surface area contributed by atoms with Crippen LogP contribution in [0.5, 0.6) is 0 Å². The summed E-state index contributed by atoms with van der Waals surface area (Å²) < 4.78 is 0. The lowest BCUT2D eigenvalue weighted by Gasteiger charge is -2.41. The van der Waals surface area contributed by atoms with Crippen molar-refractivity contribution in [3.63, 3.8) is 0 Å². The number of rotatable bonds is 0. The van der Waals surface area contributed by atoms with Crippen molar-refractivity contribution in [2.75, 3.05) is 0 Å². The van der Waals surface area contributed by atoms with Crippen molar-refractivity contribution in [1.29, 1.82) is 0 Å². The average molecular weight is 208 g/mol. The highest BCUT2D eigenvalue weighted by molar-refractivity contribution is 5.16. The van der Waals surface area contributed by atoms with E-state index in [0.29, 0.717) is 11.3 Å². The predicted octanol–water partition coefficient (Wildman–Crippen LogP) is 3.53. The molecule has 1 heteroatoms. The molecule has 2 aliphatic rings. The van der Waals surface area contributed by atoms with Gasteiger partial charge < -0.3 is 5.11 Å². The van der Waals surface area contributed by atoms with Crippen LogP contribution in [0.1, 0.15) is 52.9 Å². The van der Waals surface area contributed by atoms with Crippen molar-refractivity contribution < 1.29 is 5.11 Å². The van der Waals surface area contributed by atoms with Crippen molar-refractivity contribution in [2.45, 2.75) is 59.0 Å². The minimum absolute atomic E-state index is 0.0600. The van der Waals surface area contributed by atoms with Gasteiger partial charge in [-0.15, -0.1) is 0 Å². The van der Waals surface area contributed by atoms with Gasteiger partial charge in [0.2, 0.25) is 0 Å². The lowest BCUT2D eigenvalue weighted by Crippen LogP contribution is -2.34. The minimum atomic E-state index is -0.0600. The minimum Gasteiger partial charge on any atom is -0.393 e. The van der Waals surface area contributed by atoms with Crippen LogP contribution in [-0.4, -0.2) is 11.2 Å². The summed E-state index contributed by atoms with van der Waals surface area (Å²) >= 11 is 0. The standard InChI is InChI=1S/C14H24O/c1-14(2,3)11-8-7-10-5-4-6-13(15)12(10)9-11/h7,11-13,15H,4-6,8-9H2,1-3H3/t11?,12-,13+/m0/s1. The maximum absolute atomic E-state index is 10.0. The van der Waals surface area contributed by atoms with E-state index >= 15 is 0 Å². The monoisotopic (exact) mass is 208 g/mol. The van der Waals surface area contributed by atoms with Crippen molar-refractivity contribution in [3.05, 3.63) is 11.6 Å². The summed E-state index contributed by atoms with van der Waals surface area (Å²) in [4.78, 5) is 0. The van der Waals surface area contributed by atoms with E-state index in [9.17, 15) is 5.11 Å². The highest BCUT2D eigenvalue weighted by atomic mass is 16.3. The molecule has 2 aliphatic carbocycles. The van der Waals surface area contributed by atoms with E-state index in [1.807, 2.05) is 0 Å². The topological polar surface area (TPSA) is 20.2 Å². The Hall–Kier alpha value is -0.300. The molecule has 2 rings (SSSR count). The number of allylic oxidation sites excluding steroid dienone is 1. The molecule has 1 nitrogen and oxygen atoms in total. The van der Waals surface area contributed by atoms with Crippen molar-refractivity contribution in [3.8, 4) is 0 Å². The van der Waals surface area contributed by atoms with E-state index in [0.717, 1.165) is 12.3 Å². The molecule has 0 spiro atoms. The van der Waals surface area contributed by atoms with Gasteiger partial charge in [0.15, 0.2) is 0 Å². The molecule has 0 heterocycles. The molecule has 3 atom stereocenters. The fourth-order valence-electron chi connectivity index (χ4n) is 3.11. The van der Waals surface area contributed by atoms with Gasteiger partial charge in [-0.2, -0.15) is 0 Å². The van der Waals surface area contributed by atoms with Crippen LogP contribution in [0.15, 0.2) is 11.6 Å². The highest BCUT2D eigenvalue weighted by Crippen LogP contribution is 2.44. The SMILES string of the molecule is CC(C)(C)C1CC=C2CCC[C@@H](O)[C@H]2C1. The van der Waals surface area contributed by atoms with E-state index in [-0.39, 0.29) is 6.10 Å². The number of aliphatic hydroxyl groups excluding tert-OH is 1. The molecule has 0 aromatic rings. The second kappa shape index (κ2) is 3.93. The molecule has 0 saturated heterocycles. The first-order chi connectivity index (χ1) is 6.98. The Morgan fingerprint density at radius 2 is 2.07 bits per heavy atom. The summed E-state index contributed by atoms with van der Waals surface area (Å²) in [5.41, 5.74) is 1.94. The van der Waals surface area contributed by atoms with Gasteiger partial charge in [0, 0.05) is 5.92 Å². The summed E-state index contributed by atoms with van der Waals surface area (Å²) in [5.74, 6) is 1.23. The van der Waals surface area contributed by atoms with E-state index in [2.05, 4.69) is 26.8 Å². The van der Waals surface area contributed by atoms with Crippen LogP contribution in [-0.2, 0) is 0 Å². The Balaban J connectivity index is 2.12. The molecule has 0 radical (unpaired) electrons. The number of aliphatic hydroxyl groups is 1. The lowest BCUT2D eigenvalue weighted by atomic mass is 9.65. The van der Waals surface area contributed by atoms with Crippen molar-refractivity contribution >= 4 is 0 Å². The van der Waals surface area contributed by atoms with Crippen molar-refractivity contribution in [2.24, 2.45) is 17.3 Å². The Morgan fingerprint density at radius 3 is 2.73 bits per heavy atom. The molecule has 0 amide bonds. The summed E-state index contributed by atoms with van der Waals surface area (Å²) in [6, 6.07) is 0. The Labute approximate surface area is 93.6 Å². The van der Waals surface area contributed by atoms with Gasteiger partial charge in [-0.3, -0.25) is 0 Å². The molecule has 0 aliphatic heterocycles. The molecule has 1 N–H and O–H groups in total. The van der Waals surface area contributed by atoms with Crippen LogP contribution in [0.4, 0.5) is 0 Å². The summed E-state index contributed by atoms with van der Waals surface area (Å²) in [6.07, 6.45) is 8.22. The Kier molecular flexibility index (Phi) is 2.94. The van der Waals surface area contributed by atoms with Gasteiger partial charge in [0.05, 0.1) is 6.10 Å². The van der Waals surface area contributed by atoms with E-state index in [4.69, 9.17) is 0 Å². The van der Waals surface area contributed by atoms with Crippen LogP contribution in [0, 0.1) is 17.3 Å². The second-order valence-electron chi connectivity index (χ2n) is 6.38. The molecule has 1 fully saturated rings. The first kappa shape index (κ1) is 11.2. The number of hydrogen-bond donors (Lipinski definition) is 1. The van der Waals surface area contributed by atoms with Crippen LogP contribution < -0.4 is 0 Å². The summed E-state index contributed by atoms with van der Waals surface area (Å²) in [5, 5.41) is 10.0. The molecular formula is C14H24O. The summed E-state index contributed by atoms with van der Waals surface area (Å²) in [7, 11) is 0. The Morgan fingerprint density at radius 1 is 1.33 bits per heavy atom. The number of fused-ring (bicyclic) bond motifs is 1. The van der Waals surface area contributed by atoms with E-state index in [1.165, 1.54) is 25.7 Å². The smallest absolute Gasteiger partial charge is 0.0605 e. The van der Waals surface area contributed by atoms with Gasteiger partial charge in [-0.05, 0) is 43.4 Å². The molecule has 86 valence electrons. The molecule has 1 unspecified atom stereocenters. The highest BCUT2D eigenvalue weighted by Gasteiger charge is 2.36. The van der Waals surface area contributed by atoms with Crippen LogP contribution in [0.25, 0.3) is 0 Å². The largest absolute Gasteiger partial charge is 0.393 e.